The van der Waals surface area contributed by atoms with Crippen LogP contribution in [-0.4, -0.2) is 37.0 Å². The van der Waals surface area contributed by atoms with Gasteiger partial charge in [-0.1, -0.05) is 43.6 Å². The summed E-state index contributed by atoms with van der Waals surface area (Å²) in [5.74, 6) is 0.575. The number of nitrogens with zero attached hydrogens (tertiary/aromatic N) is 1. The largest absolute Gasteiger partial charge is 0.355 e. The molecule has 1 fully saturated rings. The van der Waals surface area contributed by atoms with Crippen molar-refractivity contribution in [3.63, 3.8) is 0 Å². The van der Waals surface area contributed by atoms with Crippen LogP contribution in [0.2, 0.25) is 5.02 Å². The summed E-state index contributed by atoms with van der Waals surface area (Å²) in [4.78, 5) is 14.4. The van der Waals surface area contributed by atoms with E-state index in [0.29, 0.717) is 5.92 Å². The molecule has 1 aromatic rings. The van der Waals surface area contributed by atoms with Crippen molar-refractivity contribution in [2.75, 3.05) is 26.2 Å². The van der Waals surface area contributed by atoms with Gasteiger partial charge in [0.15, 0.2) is 0 Å². The number of amides is 1. The molecule has 1 aliphatic carbocycles. The lowest BCUT2D eigenvalue weighted by Gasteiger charge is -2.17. The van der Waals surface area contributed by atoms with E-state index in [1.807, 2.05) is 24.3 Å². The van der Waals surface area contributed by atoms with Crippen molar-refractivity contribution in [2.24, 2.45) is 5.92 Å². The van der Waals surface area contributed by atoms with E-state index in [0.717, 1.165) is 43.2 Å². The van der Waals surface area contributed by atoms with Crippen LogP contribution in [0, 0.1) is 5.92 Å². The maximum atomic E-state index is 12.1. The molecule has 0 heterocycles. The zero-order valence-electron chi connectivity index (χ0n) is 12.2. The van der Waals surface area contributed by atoms with E-state index >= 15 is 0 Å². The molecule has 0 aromatic heterocycles. The fourth-order valence-corrected chi connectivity index (χ4v) is 2.89. The highest BCUT2D eigenvalue weighted by molar-refractivity contribution is 6.31. The van der Waals surface area contributed by atoms with Gasteiger partial charge in [-0.15, -0.1) is 0 Å². The summed E-state index contributed by atoms with van der Waals surface area (Å²) >= 11 is 6.17. The number of halogens is 1. The molecule has 0 saturated heterocycles. The third kappa shape index (κ3) is 3.74. The highest BCUT2D eigenvalue weighted by Gasteiger charge is 2.44. The van der Waals surface area contributed by atoms with Crippen molar-refractivity contribution in [1.29, 1.82) is 0 Å². The summed E-state index contributed by atoms with van der Waals surface area (Å²) in [6.45, 7) is 7.98. The molecule has 110 valence electrons. The molecule has 2 unspecified atom stereocenters. The zero-order chi connectivity index (χ0) is 14.5. The Morgan fingerprint density at radius 3 is 2.70 bits per heavy atom. The molecule has 3 nitrogen and oxygen atoms in total. The van der Waals surface area contributed by atoms with E-state index < -0.39 is 0 Å². The van der Waals surface area contributed by atoms with Crippen LogP contribution in [0.15, 0.2) is 24.3 Å². The Balaban J connectivity index is 1.78. The van der Waals surface area contributed by atoms with E-state index in [9.17, 15) is 4.79 Å². The van der Waals surface area contributed by atoms with Gasteiger partial charge < -0.3 is 10.2 Å². The second-order valence-corrected chi connectivity index (χ2v) is 5.70. The van der Waals surface area contributed by atoms with Crippen LogP contribution in [0.25, 0.3) is 0 Å². The van der Waals surface area contributed by atoms with E-state index in [1.54, 1.807) is 0 Å². The van der Waals surface area contributed by atoms with Crippen molar-refractivity contribution >= 4 is 17.5 Å². The van der Waals surface area contributed by atoms with Crippen LogP contribution >= 0.6 is 11.6 Å². The molecule has 0 bridgehead atoms. The van der Waals surface area contributed by atoms with Crippen LogP contribution in [0.5, 0.6) is 0 Å². The standard InChI is InChI=1S/C16H23ClN2O/c1-3-19(4-2)10-9-18-16(20)14-11-13(14)12-7-5-6-8-15(12)17/h5-8,13-14H,3-4,9-11H2,1-2H3,(H,18,20). The predicted molar refractivity (Wildman–Crippen MR) is 83.1 cm³/mol. The molecule has 1 aromatic carbocycles. The van der Waals surface area contributed by atoms with Crippen molar-refractivity contribution in [1.82, 2.24) is 10.2 Å². The molecule has 0 aliphatic heterocycles. The molecule has 1 aliphatic rings. The average Bonchev–Trinajstić information content (AvgIpc) is 3.24. The number of carbonyl (C=O) groups is 1. The number of likely N-dealkylation sites (N-methyl/N-ethyl adjacent to an activating group) is 1. The van der Waals surface area contributed by atoms with Crippen molar-refractivity contribution in [3.05, 3.63) is 34.9 Å². The Bertz CT molecular complexity index is 460. The lowest BCUT2D eigenvalue weighted by atomic mass is 10.1. The molecule has 4 heteroatoms. The number of benzene rings is 1. The number of carbonyl (C=O) groups excluding carboxylic acids is 1. The number of hydrogen-bond acceptors (Lipinski definition) is 2. The number of rotatable bonds is 7. The third-order valence-corrected chi connectivity index (χ3v) is 4.40. The Morgan fingerprint density at radius 1 is 1.35 bits per heavy atom. The maximum absolute atomic E-state index is 12.1. The topological polar surface area (TPSA) is 32.3 Å². The van der Waals surface area contributed by atoms with Gasteiger partial charge in [0.05, 0.1) is 0 Å². The molecule has 1 N–H and O–H groups in total. The summed E-state index contributed by atoms with van der Waals surface area (Å²) < 4.78 is 0. The Kier molecular flexibility index (Phi) is 5.44. The number of nitrogens with one attached hydrogen (secondary N) is 1. The van der Waals surface area contributed by atoms with Gasteiger partial charge >= 0.3 is 0 Å². The van der Waals surface area contributed by atoms with E-state index in [2.05, 4.69) is 24.1 Å². The maximum Gasteiger partial charge on any atom is 0.223 e. The summed E-state index contributed by atoms with van der Waals surface area (Å²) in [6, 6.07) is 7.82. The van der Waals surface area contributed by atoms with Crippen molar-refractivity contribution < 1.29 is 4.79 Å². The first-order valence-corrected chi connectivity index (χ1v) is 7.79. The van der Waals surface area contributed by atoms with Crippen LogP contribution in [0.3, 0.4) is 0 Å². The fraction of sp³-hybridized carbons (Fsp3) is 0.562. The third-order valence-electron chi connectivity index (χ3n) is 4.05. The van der Waals surface area contributed by atoms with E-state index in [1.165, 1.54) is 0 Å². The van der Waals surface area contributed by atoms with Crippen LogP contribution in [0.4, 0.5) is 0 Å². The summed E-state index contributed by atoms with van der Waals surface area (Å²) in [7, 11) is 0. The van der Waals surface area contributed by atoms with E-state index in [-0.39, 0.29) is 11.8 Å². The molecule has 20 heavy (non-hydrogen) atoms. The van der Waals surface area contributed by atoms with Gasteiger partial charge in [0, 0.05) is 24.0 Å². The molecule has 0 spiro atoms. The first-order chi connectivity index (χ1) is 9.67. The van der Waals surface area contributed by atoms with Crippen LogP contribution < -0.4 is 5.32 Å². The van der Waals surface area contributed by atoms with Gasteiger partial charge in [-0.05, 0) is 37.1 Å². The van der Waals surface area contributed by atoms with Crippen molar-refractivity contribution in [3.8, 4) is 0 Å². The van der Waals surface area contributed by atoms with Crippen LogP contribution in [0.1, 0.15) is 31.7 Å². The molecule has 1 amide bonds. The molecule has 2 rings (SSSR count). The SMILES string of the molecule is CCN(CC)CCNC(=O)C1CC1c1ccccc1Cl. The van der Waals surface area contributed by atoms with Gasteiger partial charge in [0.1, 0.15) is 0 Å². The van der Waals surface area contributed by atoms with Gasteiger partial charge in [0.25, 0.3) is 0 Å². The first-order valence-electron chi connectivity index (χ1n) is 7.41. The molecule has 2 atom stereocenters. The smallest absolute Gasteiger partial charge is 0.223 e. The molecule has 0 radical (unpaired) electrons. The molecular formula is C16H23ClN2O. The van der Waals surface area contributed by atoms with Gasteiger partial charge in [-0.2, -0.15) is 0 Å². The number of hydrogen-bond donors (Lipinski definition) is 1. The van der Waals surface area contributed by atoms with Gasteiger partial charge in [0.2, 0.25) is 5.91 Å². The Morgan fingerprint density at radius 2 is 2.05 bits per heavy atom. The fourth-order valence-electron chi connectivity index (χ4n) is 2.61. The quantitative estimate of drug-likeness (QED) is 0.839. The van der Waals surface area contributed by atoms with Gasteiger partial charge in [-0.3, -0.25) is 4.79 Å². The minimum absolute atomic E-state index is 0.103. The summed E-state index contributed by atoms with van der Waals surface area (Å²) in [6.07, 6.45) is 0.917. The Hall–Kier alpha value is -1.06. The lowest BCUT2D eigenvalue weighted by Crippen LogP contribution is -2.35. The zero-order valence-corrected chi connectivity index (χ0v) is 13.0. The van der Waals surface area contributed by atoms with Crippen LogP contribution in [-0.2, 0) is 4.79 Å². The minimum Gasteiger partial charge on any atom is -0.355 e. The lowest BCUT2D eigenvalue weighted by molar-refractivity contribution is -0.122. The van der Waals surface area contributed by atoms with Gasteiger partial charge in [-0.25, -0.2) is 0 Å². The van der Waals surface area contributed by atoms with E-state index in [4.69, 9.17) is 11.6 Å². The first kappa shape index (κ1) is 15.3. The highest BCUT2D eigenvalue weighted by Crippen LogP contribution is 2.49. The summed E-state index contributed by atoms with van der Waals surface area (Å²) in [5.41, 5.74) is 1.11. The average molecular weight is 295 g/mol. The Labute approximate surface area is 126 Å². The second kappa shape index (κ2) is 7.09. The molecule has 1 saturated carbocycles. The monoisotopic (exact) mass is 294 g/mol. The second-order valence-electron chi connectivity index (χ2n) is 5.29. The predicted octanol–water partition coefficient (Wildman–Crippen LogP) is 2.90. The summed E-state index contributed by atoms with van der Waals surface area (Å²) in [5, 5.41) is 3.81. The highest BCUT2D eigenvalue weighted by atomic mass is 35.5. The molecular weight excluding hydrogens is 272 g/mol. The minimum atomic E-state index is 0.103. The normalized spacial score (nSPS) is 21.0. The van der Waals surface area contributed by atoms with Crippen molar-refractivity contribution in [2.45, 2.75) is 26.2 Å².